The van der Waals surface area contributed by atoms with E-state index in [1.807, 2.05) is 42.5 Å². The third kappa shape index (κ3) is 4.25. The molecule has 0 fully saturated rings. The first-order valence-corrected chi connectivity index (χ1v) is 9.89. The second kappa shape index (κ2) is 9.09. The van der Waals surface area contributed by atoms with Crippen molar-refractivity contribution in [1.29, 1.82) is 0 Å². The summed E-state index contributed by atoms with van der Waals surface area (Å²) in [6, 6.07) is 17.5. The smallest absolute Gasteiger partial charge is 0.274 e. The van der Waals surface area contributed by atoms with Gasteiger partial charge in [-0.15, -0.1) is 5.10 Å². The van der Waals surface area contributed by atoms with Crippen molar-refractivity contribution in [2.75, 3.05) is 6.54 Å². The average molecular weight is 398 g/mol. The van der Waals surface area contributed by atoms with E-state index >= 15 is 0 Å². The lowest BCUT2D eigenvalue weighted by Gasteiger charge is -2.10. The summed E-state index contributed by atoms with van der Waals surface area (Å²) >= 11 is 0. The zero-order valence-corrected chi connectivity index (χ0v) is 16.7. The number of nitrogens with one attached hydrogen (secondary N) is 1. The van der Waals surface area contributed by atoms with Gasteiger partial charge in [0.05, 0.1) is 5.69 Å². The van der Waals surface area contributed by atoms with Crippen LogP contribution in [0.4, 0.5) is 0 Å². The SMILES string of the molecule is CCc1cccc(-n2nnc(C(=O)NCCc3ccccn3)c2-c2ccncc2)c1. The van der Waals surface area contributed by atoms with Crippen molar-refractivity contribution in [3.63, 3.8) is 0 Å². The minimum atomic E-state index is -0.268. The van der Waals surface area contributed by atoms with E-state index in [2.05, 4.69) is 44.7 Å². The van der Waals surface area contributed by atoms with Crippen LogP contribution < -0.4 is 5.32 Å². The van der Waals surface area contributed by atoms with Crippen molar-refractivity contribution in [3.8, 4) is 16.9 Å². The summed E-state index contributed by atoms with van der Waals surface area (Å²) < 4.78 is 1.71. The summed E-state index contributed by atoms with van der Waals surface area (Å²) in [6.07, 6.45) is 6.68. The predicted molar refractivity (Wildman–Crippen MR) is 114 cm³/mol. The maximum Gasteiger partial charge on any atom is 0.274 e. The fraction of sp³-hybridized carbons (Fsp3) is 0.174. The number of aryl methyl sites for hydroxylation is 1. The summed E-state index contributed by atoms with van der Waals surface area (Å²) in [4.78, 5) is 21.3. The van der Waals surface area contributed by atoms with Gasteiger partial charge in [-0.25, -0.2) is 4.68 Å². The zero-order chi connectivity index (χ0) is 20.8. The number of pyridine rings is 2. The van der Waals surface area contributed by atoms with Crippen molar-refractivity contribution in [2.24, 2.45) is 0 Å². The van der Waals surface area contributed by atoms with Gasteiger partial charge in [-0.1, -0.05) is 30.3 Å². The Morgan fingerprint density at radius 1 is 1.03 bits per heavy atom. The molecule has 4 aromatic rings. The molecule has 0 saturated heterocycles. The molecule has 0 spiro atoms. The molecule has 0 aliphatic carbocycles. The highest BCUT2D eigenvalue weighted by Gasteiger charge is 2.22. The first kappa shape index (κ1) is 19.4. The van der Waals surface area contributed by atoms with Crippen LogP contribution in [0.15, 0.2) is 73.2 Å². The average Bonchev–Trinajstić information content (AvgIpc) is 3.26. The van der Waals surface area contributed by atoms with E-state index in [4.69, 9.17) is 0 Å². The molecule has 0 aliphatic heterocycles. The molecule has 0 saturated carbocycles. The van der Waals surface area contributed by atoms with Gasteiger partial charge in [-0.3, -0.25) is 14.8 Å². The number of hydrogen-bond acceptors (Lipinski definition) is 5. The number of hydrogen-bond donors (Lipinski definition) is 1. The summed E-state index contributed by atoms with van der Waals surface area (Å²) in [7, 11) is 0. The second-order valence-corrected chi connectivity index (χ2v) is 6.78. The summed E-state index contributed by atoms with van der Waals surface area (Å²) in [5, 5.41) is 11.4. The van der Waals surface area contributed by atoms with Gasteiger partial charge in [0.1, 0.15) is 5.69 Å². The molecule has 4 rings (SSSR count). The molecule has 3 heterocycles. The second-order valence-electron chi connectivity index (χ2n) is 6.78. The van der Waals surface area contributed by atoms with Crippen molar-refractivity contribution < 1.29 is 4.79 Å². The molecular formula is C23H22N6O. The molecule has 0 radical (unpaired) electrons. The molecule has 150 valence electrons. The highest BCUT2D eigenvalue weighted by molar-refractivity contribution is 5.98. The Kier molecular flexibility index (Phi) is 5.89. The van der Waals surface area contributed by atoms with Crippen LogP contribution in [0, 0.1) is 0 Å². The lowest BCUT2D eigenvalue weighted by atomic mass is 10.1. The van der Waals surface area contributed by atoms with E-state index in [9.17, 15) is 4.79 Å². The van der Waals surface area contributed by atoms with E-state index in [1.54, 1.807) is 23.3 Å². The minimum absolute atomic E-state index is 0.268. The molecule has 3 aromatic heterocycles. The molecule has 0 unspecified atom stereocenters. The van der Waals surface area contributed by atoms with Crippen molar-refractivity contribution in [2.45, 2.75) is 19.8 Å². The van der Waals surface area contributed by atoms with Gasteiger partial charge in [-0.2, -0.15) is 0 Å². The standard InChI is InChI=1S/C23H22N6O/c1-2-17-6-5-8-20(16-17)29-22(18-9-13-24-14-10-18)21(27-28-29)23(30)26-15-11-19-7-3-4-12-25-19/h3-10,12-14,16H,2,11,15H2,1H3,(H,26,30). The van der Waals surface area contributed by atoms with E-state index in [0.717, 1.165) is 23.4 Å². The summed E-state index contributed by atoms with van der Waals surface area (Å²) in [6.45, 7) is 2.56. The van der Waals surface area contributed by atoms with E-state index < -0.39 is 0 Å². The minimum Gasteiger partial charge on any atom is -0.350 e. The number of rotatable bonds is 7. The molecule has 0 atom stereocenters. The Hall–Kier alpha value is -3.87. The Morgan fingerprint density at radius 3 is 2.67 bits per heavy atom. The number of amides is 1. The Balaban J connectivity index is 1.64. The maximum atomic E-state index is 12.9. The Morgan fingerprint density at radius 2 is 1.90 bits per heavy atom. The highest BCUT2D eigenvalue weighted by Crippen LogP contribution is 2.25. The molecule has 0 aliphatic rings. The molecule has 1 N–H and O–H groups in total. The fourth-order valence-corrected chi connectivity index (χ4v) is 3.23. The molecular weight excluding hydrogens is 376 g/mol. The van der Waals surface area contributed by atoms with Crippen molar-refractivity contribution in [3.05, 3.63) is 90.1 Å². The quantitative estimate of drug-likeness (QED) is 0.516. The van der Waals surface area contributed by atoms with Gasteiger partial charge < -0.3 is 5.32 Å². The van der Waals surface area contributed by atoms with Gasteiger partial charge in [0.25, 0.3) is 5.91 Å². The van der Waals surface area contributed by atoms with Gasteiger partial charge in [0.15, 0.2) is 5.69 Å². The molecule has 30 heavy (non-hydrogen) atoms. The number of carbonyl (C=O) groups is 1. The third-order valence-electron chi connectivity index (χ3n) is 4.80. The molecule has 7 heteroatoms. The Bertz CT molecular complexity index is 1120. The number of aromatic nitrogens is 5. The van der Waals surface area contributed by atoms with Crippen LogP contribution in [0.5, 0.6) is 0 Å². The maximum absolute atomic E-state index is 12.9. The first-order chi connectivity index (χ1) is 14.8. The predicted octanol–water partition coefficient (Wildman–Crippen LogP) is 3.26. The van der Waals surface area contributed by atoms with Crippen molar-refractivity contribution in [1.82, 2.24) is 30.3 Å². The molecule has 0 bridgehead atoms. The monoisotopic (exact) mass is 398 g/mol. The van der Waals surface area contributed by atoms with Gasteiger partial charge in [0, 0.05) is 42.8 Å². The van der Waals surface area contributed by atoms with Crippen LogP contribution in [0.3, 0.4) is 0 Å². The van der Waals surface area contributed by atoms with Crippen LogP contribution in [-0.2, 0) is 12.8 Å². The highest BCUT2D eigenvalue weighted by atomic mass is 16.2. The molecule has 1 aromatic carbocycles. The van der Waals surface area contributed by atoms with Gasteiger partial charge in [0.2, 0.25) is 0 Å². The van der Waals surface area contributed by atoms with Crippen LogP contribution in [0.1, 0.15) is 28.7 Å². The fourth-order valence-electron chi connectivity index (χ4n) is 3.23. The zero-order valence-electron chi connectivity index (χ0n) is 16.7. The van der Waals surface area contributed by atoms with Crippen LogP contribution in [0.2, 0.25) is 0 Å². The van der Waals surface area contributed by atoms with Crippen LogP contribution in [-0.4, -0.2) is 37.4 Å². The van der Waals surface area contributed by atoms with E-state index in [-0.39, 0.29) is 11.6 Å². The topological polar surface area (TPSA) is 85.6 Å². The summed E-state index contributed by atoms with van der Waals surface area (Å²) in [5.74, 6) is -0.268. The lowest BCUT2D eigenvalue weighted by Crippen LogP contribution is -2.27. The lowest BCUT2D eigenvalue weighted by molar-refractivity contribution is 0.0949. The van der Waals surface area contributed by atoms with E-state index in [0.29, 0.717) is 18.7 Å². The largest absolute Gasteiger partial charge is 0.350 e. The van der Waals surface area contributed by atoms with Crippen molar-refractivity contribution >= 4 is 5.91 Å². The van der Waals surface area contributed by atoms with Gasteiger partial charge >= 0.3 is 0 Å². The Labute approximate surface area is 174 Å². The number of nitrogens with zero attached hydrogens (tertiary/aromatic N) is 5. The third-order valence-corrected chi connectivity index (χ3v) is 4.80. The van der Waals surface area contributed by atoms with E-state index in [1.165, 1.54) is 5.56 Å². The normalized spacial score (nSPS) is 10.7. The van der Waals surface area contributed by atoms with Crippen LogP contribution in [0.25, 0.3) is 16.9 Å². The number of benzene rings is 1. The summed E-state index contributed by atoms with van der Waals surface area (Å²) in [5.41, 5.74) is 4.72. The van der Waals surface area contributed by atoms with Crippen LogP contribution >= 0.6 is 0 Å². The first-order valence-electron chi connectivity index (χ1n) is 9.89. The molecule has 7 nitrogen and oxygen atoms in total. The van der Waals surface area contributed by atoms with Gasteiger partial charge in [-0.05, 0) is 48.4 Å². The molecule has 1 amide bonds. The number of carbonyl (C=O) groups excluding carboxylic acids is 1.